The van der Waals surface area contributed by atoms with Crippen LogP contribution in [0.3, 0.4) is 0 Å². The molecule has 1 aliphatic rings. The van der Waals surface area contributed by atoms with E-state index in [1.807, 2.05) is 12.1 Å². The molecule has 0 aromatic carbocycles. The number of ether oxygens (including phenoxy) is 1. The highest BCUT2D eigenvalue weighted by Gasteiger charge is 2.20. The summed E-state index contributed by atoms with van der Waals surface area (Å²) in [4.78, 5) is 17.7. The predicted octanol–water partition coefficient (Wildman–Crippen LogP) is 1.90. The third-order valence-electron chi connectivity index (χ3n) is 3.19. The molecule has 17 heavy (non-hydrogen) atoms. The topological polar surface area (TPSA) is 42.4 Å². The first kappa shape index (κ1) is 12.0. The van der Waals surface area contributed by atoms with E-state index in [2.05, 4.69) is 9.88 Å². The van der Waals surface area contributed by atoms with Gasteiger partial charge in [0.05, 0.1) is 6.10 Å². The summed E-state index contributed by atoms with van der Waals surface area (Å²) in [5.74, 6) is 0.981. The Bertz CT molecular complexity index is 389. The van der Waals surface area contributed by atoms with Crippen LogP contribution in [0.15, 0.2) is 18.3 Å². The molecule has 0 bridgehead atoms. The molecule has 0 spiro atoms. The highest BCUT2D eigenvalue weighted by atomic mass is 16.5. The van der Waals surface area contributed by atoms with E-state index in [0.717, 1.165) is 31.7 Å². The molecule has 1 atom stereocenters. The van der Waals surface area contributed by atoms with E-state index in [9.17, 15) is 4.79 Å². The summed E-state index contributed by atoms with van der Waals surface area (Å²) in [7, 11) is 1.75. The summed E-state index contributed by atoms with van der Waals surface area (Å²) in [6.45, 7) is 3.44. The summed E-state index contributed by atoms with van der Waals surface area (Å²) >= 11 is 0. The first-order chi connectivity index (χ1) is 8.20. The number of carbonyl (C=O) groups is 1. The minimum Gasteiger partial charge on any atom is -0.380 e. The largest absolute Gasteiger partial charge is 0.380 e. The van der Waals surface area contributed by atoms with Crippen molar-refractivity contribution in [2.45, 2.75) is 25.9 Å². The lowest BCUT2D eigenvalue weighted by Crippen LogP contribution is -2.39. The van der Waals surface area contributed by atoms with Crippen molar-refractivity contribution in [3.05, 3.63) is 23.9 Å². The molecule has 1 saturated heterocycles. The number of Topliss-reactive ketones (excluding diaryl/α,β-unsaturated/α-hetero) is 1. The number of hydrogen-bond acceptors (Lipinski definition) is 4. The van der Waals surface area contributed by atoms with Gasteiger partial charge in [0.25, 0.3) is 0 Å². The van der Waals surface area contributed by atoms with E-state index in [4.69, 9.17) is 4.74 Å². The van der Waals surface area contributed by atoms with Crippen molar-refractivity contribution >= 4 is 11.6 Å². The molecule has 4 heteroatoms. The molecule has 1 aromatic heterocycles. The Morgan fingerprint density at radius 3 is 2.94 bits per heavy atom. The molecule has 1 aliphatic heterocycles. The molecule has 2 heterocycles. The lowest BCUT2D eigenvalue weighted by atomic mass is 10.1. The molecule has 0 aliphatic carbocycles. The lowest BCUT2D eigenvalue weighted by molar-refractivity contribution is 0.0891. The van der Waals surface area contributed by atoms with Gasteiger partial charge in [-0.15, -0.1) is 0 Å². The van der Waals surface area contributed by atoms with Crippen LogP contribution in [0.1, 0.15) is 30.1 Å². The normalized spacial score (nSPS) is 20.4. The van der Waals surface area contributed by atoms with Crippen molar-refractivity contribution in [3.63, 3.8) is 0 Å². The van der Waals surface area contributed by atoms with Gasteiger partial charge in [-0.2, -0.15) is 0 Å². The van der Waals surface area contributed by atoms with E-state index in [1.165, 1.54) is 0 Å². The maximum absolute atomic E-state index is 11.2. The molecule has 1 fully saturated rings. The van der Waals surface area contributed by atoms with Crippen molar-refractivity contribution in [1.29, 1.82) is 0 Å². The van der Waals surface area contributed by atoms with Crippen LogP contribution >= 0.6 is 0 Å². The first-order valence-electron chi connectivity index (χ1n) is 5.95. The Kier molecular flexibility index (Phi) is 3.74. The van der Waals surface area contributed by atoms with Gasteiger partial charge in [-0.25, -0.2) is 4.98 Å². The van der Waals surface area contributed by atoms with E-state index in [0.29, 0.717) is 5.56 Å². The monoisotopic (exact) mass is 234 g/mol. The standard InChI is InChI=1S/C13H18N2O2/c1-10(16)11-5-6-13(14-8-11)15-7-3-4-12(9-15)17-2/h5-6,8,12H,3-4,7,9H2,1-2H3. The van der Waals surface area contributed by atoms with Crippen molar-refractivity contribution in [3.8, 4) is 0 Å². The minimum atomic E-state index is 0.0532. The van der Waals surface area contributed by atoms with Crippen LogP contribution in [-0.2, 0) is 4.74 Å². The van der Waals surface area contributed by atoms with Gasteiger partial charge in [-0.05, 0) is 31.9 Å². The summed E-state index contributed by atoms with van der Waals surface area (Å²) in [5, 5.41) is 0. The van der Waals surface area contributed by atoms with Crippen LogP contribution in [0.25, 0.3) is 0 Å². The molecular formula is C13H18N2O2. The van der Waals surface area contributed by atoms with Gasteiger partial charge in [-0.3, -0.25) is 4.79 Å². The summed E-state index contributed by atoms with van der Waals surface area (Å²) in [6, 6.07) is 3.75. The van der Waals surface area contributed by atoms with Crippen LogP contribution in [0.2, 0.25) is 0 Å². The highest BCUT2D eigenvalue weighted by Crippen LogP contribution is 2.19. The summed E-state index contributed by atoms with van der Waals surface area (Å²) in [5.41, 5.74) is 0.661. The quantitative estimate of drug-likeness (QED) is 0.749. The number of rotatable bonds is 3. The molecule has 1 unspecified atom stereocenters. The molecule has 2 rings (SSSR count). The fourth-order valence-electron chi connectivity index (χ4n) is 2.12. The van der Waals surface area contributed by atoms with Crippen molar-refractivity contribution < 1.29 is 9.53 Å². The van der Waals surface area contributed by atoms with Gasteiger partial charge in [0, 0.05) is 32.0 Å². The van der Waals surface area contributed by atoms with Crippen LogP contribution < -0.4 is 4.90 Å². The fourth-order valence-corrected chi connectivity index (χ4v) is 2.12. The van der Waals surface area contributed by atoms with E-state index >= 15 is 0 Å². The van der Waals surface area contributed by atoms with Crippen molar-refractivity contribution in [2.24, 2.45) is 0 Å². The predicted molar refractivity (Wildman–Crippen MR) is 66.5 cm³/mol. The number of ketones is 1. The zero-order chi connectivity index (χ0) is 12.3. The number of carbonyl (C=O) groups excluding carboxylic acids is 1. The second-order valence-electron chi connectivity index (χ2n) is 4.41. The Hall–Kier alpha value is -1.42. The smallest absolute Gasteiger partial charge is 0.161 e. The van der Waals surface area contributed by atoms with Crippen molar-refractivity contribution in [1.82, 2.24) is 4.98 Å². The summed E-state index contributed by atoms with van der Waals surface area (Å²) in [6.07, 6.45) is 4.17. The number of anilines is 1. The number of methoxy groups -OCH3 is 1. The van der Waals surface area contributed by atoms with Gasteiger partial charge in [-0.1, -0.05) is 0 Å². The Morgan fingerprint density at radius 2 is 2.35 bits per heavy atom. The van der Waals surface area contributed by atoms with Crippen molar-refractivity contribution in [2.75, 3.05) is 25.1 Å². The van der Waals surface area contributed by atoms with E-state index in [1.54, 1.807) is 20.2 Å². The molecule has 92 valence electrons. The first-order valence-corrected chi connectivity index (χ1v) is 5.95. The third kappa shape index (κ3) is 2.82. The zero-order valence-corrected chi connectivity index (χ0v) is 10.3. The molecular weight excluding hydrogens is 216 g/mol. The van der Waals surface area contributed by atoms with Crippen LogP contribution in [0.4, 0.5) is 5.82 Å². The number of aromatic nitrogens is 1. The fraction of sp³-hybridized carbons (Fsp3) is 0.538. The second-order valence-corrected chi connectivity index (χ2v) is 4.41. The third-order valence-corrected chi connectivity index (χ3v) is 3.19. The molecule has 0 amide bonds. The van der Waals surface area contributed by atoms with Gasteiger partial charge >= 0.3 is 0 Å². The number of piperidine rings is 1. The molecule has 4 nitrogen and oxygen atoms in total. The van der Waals surface area contributed by atoms with Gasteiger partial charge in [0.15, 0.2) is 5.78 Å². The Labute approximate surface area is 102 Å². The lowest BCUT2D eigenvalue weighted by Gasteiger charge is -2.32. The van der Waals surface area contributed by atoms with Crippen LogP contribution in [-0.4, -0.2) is 37.1 Å². The summed E-state index contributed by atoms with van der Waals surface area (Å²) < 4.78 is 5.38. The van der Waals surface area contributed by atoms with Gasteiger partial charge in [0.1, 0.15) is 5.82 Å². The molecule has 0 saturated carbocycles. The molecule has 0 N–H and O–H groups in total. The van der Waals surface area contributed by atoms with Crippen LogP contribution in [0.5, 0.6) is 0 Å². The van der Waals surface area contributed by atoms with E-state index < -0.39 is 0 Å². The Balaban J connectivity index is 2.08. The number of nitrogens with zero attached hydrogens (tertiary/aromatic N) is 2. The van der Waals surface area contributed by atoms with E-state index in [-0.39, 0.29) is 11.9 Å². The average Bonchev–Trinajstić information content (AvgIpc) is 2.39. The average molecular weight is 234 g/mol. The van der Waals surface area contributed by atoms with Gasteiger partial charge in [0.2, 0.25) is 0 Å². The number of pyridine rings is 1. The SMILES string of the molecule is COC1CCCN(c2ccc(C(C)=O)cn2)C1. The molecule has 0 radical (unpaired) electrons. The maximum atomic E-state index is 11.2. The van der Waals surface area contributed by atoms with Crippen LogP contribution in [0, 0.1) is 0 Å². The second kappa shape index (κ2) is 5.27. The minimum absolute atomic E-state index is 0.0532. The molecule has 1 aromatic rings. The highest BCUT2D eigenvalue weighted by molar-refractivity contribution is 5.93. The number of hydrogen-bond donors (Lipinski definition) is 0. The zero-order valence-electron chi connectivity index (χ0n) is 10.3. The Morgan fingerprint density at radius 1 is 1.53 bits per heavy atom. The van der Waals surface area contributed by atoms with Gasteiger partial charge < -0.3 is 9.64 Å². The maximum Gasteiger partial charge on any atom is 0.161 e.